The van der Waals surface area contributed by atoms with Crippen molar-refractivity contribution in [2.24, 2.45) is 0 Å². The van der Waals surface area contributed by atoms with E-state index < -0.39 is 10.0 Å². The van der Waals surface area contributed by atoms with E-state index in [1.165, 1.54) is 4.31 Å². The fourth-order valence-electron chi connectivity index (χ4n) is 3.52. The van der Waals surface area contributed by atoms with Crippen molar-refractivity contribution in [3.05, 3.63) is 52.6 Å². The van der Waals surface area contributed by atoms with Crippen LogP contribution in [0, 0.1) is 6.92 Å². The second-order valence-electron chi connectivity index (χ2n) is 6.59. The van der Waals surface area contributed by atoms with Gasteiger partial charge in [0.2, 0.25) is 10.0 Å². The van der Waals surface area contributed by atoms with Gasteiger partial charge in [-0.3, -0.25) is 0 Å². The zero-order valence-electron chi connectivity index (χ0n) is 14.4. The molecule has 25 heavy (non-hydrogen) atoms. The number of ether oxygens (including phenoxy) is 2. The third-order valence-electron chi connectivity index (χ3n) is 4.84. The van der Waals surface area contributed by atoms with Gasteiger partial charge in [0.15, 0.2) is 0 Å². The van der Waals surface area contributed by atoms with Gasteiger partial charge in [-0.15, -0.1) is 0 Å². The molecule has 2 heterocycles. The third-order valence-corrected chi connectivity index (χ3v) is 6.64. The summed E-state index contributed by atoms with van der Waals surface area (Å²) in [7, 11) is -1.94. The second-order valence-corrected chi connectivity index (χ2v) is 8.64. The fraction of sp³-hybridized carbons (Fsp3) is 0.368. The van der Waals surface area contributed by atoms with Gasteiger partial charge in [-0.25, -0.2) is 8.42 Å². The summed E-state index contributed by atoms with van der Waals surface area (Å²) >= 11 is 0. The number of nitrogens with zero attached hydrogens (tertiary/aromatic N) is 1. The van der Waals surface area contributed by atoms with Crippen LogP contribution in [0.2, 0.25) is 0 Å². The molecular formula is C19H21NO4S. The van der Waals surface area contributed by atoms with E-state index >= 15 is 0 Å². The number of benzene rings is 2. The summed E-state index contributed by atoms with van der Waals surface area (Å²) in [5.41, 5.74) is 4.05. The quantitative estimate of drug-likeness (QED) is 0.842. The predicted molar refractivity (Wildman–Crippen MR) is 94.7 cm³/mol. The van der Waals surface area contributed by atoms with Crippen LogP contribution < -0.4 is 9.47 Å². The molecule has 2 aromatic rings. The monoisotopic (exact) mass is 359 g/mol. The molecule has 0 atom stereocenters. The molecule has 0 amide bonds. The zero-order valence-corrected chi connectivity index (χ0v) is 15.2. The highest BCUT2D eigenvalue weighted by Crippen LogP contribution is 2.41. The van der Waals surface area contributed by atoms with E-state index in [2.05, 4.69) is 0 Å². The van der Waals surface area contributed by atoms with Crippen LogP contribution >= 0.6 is 0 Å². The summed E-state index contributed by atoms with van der Waals surface area (Å²) < 4.78 is 38.8. The van der Waals surface area contributed by atoms with E-state index in [1.807, 2.05) is 19.1 Å². The molecule has 4 rings (SSSR count). The molecule has 2 aromatic carbocycles. The molecule has 0 aliphatic carbocycles. The van der Waals surface area contributed by atoms with E-state index in [9.17, 15) is 8.42 Å². The van der Waals surface area contributed by atoms with Crippen molar-refractivity contribution in [1.82, 2.24) is 4.31 Å². The van der Waals surface area contributed by atoms with Gasteiger partial charge >= 0.3 is 0 Å². The molecule has 5 nitrogen and oxygen atoms in total. The lowest BCUT2D eigenvalue weighted by atomic mass is 9.99. The summed E-state index contributed by atoms with van der Waals surface area (Å²) in [5, 5.41) is 0. The summed E-state index contributed by atoms with van der Waals surface area (Å²) in [6.07, 6.45) is 1.63. The Morgan fingerprint density at radius 3 is 2.72 bits per heavy atom. The Morgan fingerprint density at radius 2 is 1.92 bits per heavy atom. The Kier molecular flexibility index (Phi) is 3.96. The predicted octanol–water partition coefficient (Wildman–Crippen LogP) is 2.69. The van der Waals surface area contributed by atoms with Crippen LogP contribution in [0.5, 0.6) is 11.5 Å². The normalized spacial score (nSPS) is 15.6. The van der Waals surface area contributed by atoms with Crippen LogP contribution in [0.15, 0.2) is 35.2 Å². The summed E-state index contributed by atoms with van der Waals surface area (Å²) in [6, 6.07) is 9.04. The van der Waals surface area contributed by atoms with E-state index in [0.29, 0.717) is 18.1 Å². The van der Waals surface area contributed by atoms with E-state index in [1.54, 1.807) is 25.2 Å². The van der Waals surface area contributed by atoms with Gasteiger partial charge in [0.05, 0.1) is 18.1 Å². The van der Waals surface area contributed by atoms with Crippen molar-refractivity contribution in [3.8, 4) is 11.5 Å². The van der Waals surface area contributed by atoms with Gasteiger partial charge in [-0.2, -0.15) is 4.31 Å². The number of rotatable bonds is 4. The summed E-state index contributed by atoms with van der Waals surface area (Å²) in [6.45, 7) is 3.45. The van der Waals surface area contributed by atoms with Crippen molar-refractivity contribution < 1.29 is 17.9 Å². The average molecular weight is 359 g/mol. The molecule has 0 bridgehead atoms. The van der Waals surface area contributed by atoms with Gasteiger partial charge in [-0.1, -0.05) is 12.1 Å². The molecule has 0 radical (unpaired) electrons. The zero-order chi connectivity index (χ0) is 17.6. The van der Waals surface area contributed by atoms with Crippen molar-refractivity contribution in [3.63, 3.8) is 0 Å². The maximum absolute atomic E-state index is 12.9. The standard InChI is InChI=1S/C19H21NO4S/c1-13-4-3-5-15(10-13)25(21,22)20(2)12-17-16-7-9-23-18(16)11-14-6-8-24-19(14)17/h3-5,10-11H,6-9,12H2,1-2H3. The average Bonchev–Trinajstić information content (AvgIpc) is 3.23. The SMILES string of the molecule is Cc1cccc(S(=O)(=O)N(C)Cc2c3c(cc4c2OCC4)OCC3)c1. The maximum atomic E-state index is 12.9. The smallest absolute Gasteiger partial charge is 0.243 e. The number of aryl methyl sites for hydroxylation is 1. The van der Waals surface area contributed by atoms with Gasteiger partial charge in [0, 0.05) is 43.1 Å². The molecule has 0 spiro atoms. The largest absolute Gasteiger partial charge is 0.493 e. The second kappa shape index (κ2) is 6.04. The maximum Gasteiger partial charge on any atom is 0.243 e. The lowest BCUT2D eigenvalue weighted by Gasteiger charge is -2.20. The van der Waals surface area contributed by atoms with Crippen LogP contribution in [-0.4, -0.2) is 33.0 Å². The van der Waals surface area contributed by atoms with Crippen molar-refractivity contribution in [2.75, 3.05) is 20.3 Å². The molecule has 2 aliphatic rings. The summed E-state index contributed by atoms with van der Waals surface area (Å²) in [4.78, 5) is 0.316. The fourth-order valence-corrected chi connectivity index (χ4v) is 4.76. The lowest BCUT2D eigenvalue weighted by Crippen LogP contribution is -2.27. The minimum absolute atomic E-state index is 0.283. The van der Waals surface area contributed by atoms with Gasteiger partial charge in [0.1, 0.15) is 11.5 Å². The van der Waals surface area contributed by atoms with Crippen molar-refractivity contribution >= 4 is 10.0 Å². The molecule has 6 heteroatoms. The molecule has 2 aliphatic heterocycles. The number of fused-ring (bicyclic) bond motifs is 2. The Hall–Kier alpha value is -2.05. The van der Waals surface area contributed by atoms with Crippen LogP contribution in [0.3, 0.4) is 0 Å². The Labute approximate surface area is 148 Å². The first kappa shape index (κ1) is 16.4. The highest BCUT2D eigenvalue weighted by molar-refractivity contribution is 7.89. The van der Waals surface area contributed by atoms with E-state index in [-0.39, 0.29) is 6.54 Å². The van der Waals surface area contributed by atoms with Crippen LogP contribution in [-0.2, 0) is 29.4 Å². The van der Waals surface area contributed by atoms with Gasteiger partial charge in [0.25, 0.3) is 0 Å². The lowest BCUT2D eigenvalue weighted by molar-refractivity contribution is 0.348. The van der Waals surface area contributed by atoms with E-state index in [0.717, 1.165) is 46.6 Å². The van der Waals surface area contributed by atoms with E-state index in [4.69, 9.17) is 9.47 Å². The Morgan fingerprint density at radius 1 is 1.12 bits per heavy atom. The third kappa shape index (κ3) is 2.79. The first-order valence-corrected chi connectivity index (χ1v) is 9.87. The topological polar surface area (TPSA) is 55.8 Å². The molecule has 0 saturated carbocycles. The van der Waals surface area contributed by atoms with Crippen LogP contribution in [0.1, 0.15) is 22.3 Å². The summed E-state index contributed by atoms with van der Waals surface area (Å²) in [5.74, 6) is 1.72. The molecule has 0 aromatic heterocycles. The first-order chi connectivity index (χ1) is 12.0. The highest BCUT2D eigenvalue weighted by atomic mass is 32.2. The van der Waals surface area contributed by atoms with Crippen LogP contribution in [0.25, 0.3) is 0 Å². The van der Waals surface area contributed by atoms with Gasteiger partial charge < -0.3 is 9.47 Å². The minimum Gasteiger partial charge on any atom is -0.493 e. The van der Waals surface area contributed by atoms with Crippen molar-refractivity contribution in [1.29, 1.82) is 0 Å². The Balaban J connectivity index is 1.71. The number of hydrogen-bond acceptors (Lipinski definition) is 4. The highest BCUT2D eigenvalue weighted by Gasteiger charge is 2.30. The first-order valence-electron chi connectivity index (χ1n) is 8.43. The number of hydrogen-bond donors (Lipinski definition) is 0. The molecule has 0 N–H and O–H groups in total. The van der Waals surface area contributed by atoms with Crippen LogP contribution in [0.4, 0.5) is 0 Å². The minimum atomic E-state index is -3.56. The van der Waals surface area contributed by atoms with Gasteiger partial charge in [-0.05, 0) is 30.7 Å². The molecule has 0 saturated heterocycles. The molecular weight excluding hydrogens is 338 g/mol. The van der Waals surface area contributed by atoms with Crippen molar-refractivity contribution in [2.45, 2.75) is 31.2 Å². The molecule has 132 valence electrons. The Bertz CT molecular complexity index is 904. The number of sulfonamides is 1. The molecule has 0 unspecified atom stereocenters. The molecule has 0 fully saturated rings.